The normalized spacial score (nSPS) is 13.8. The first kappa shape index (κ1) is 20.1. The average molecular weight is 378 g/mol. The maximum Gasteiger partial charge on any atom is 0.244 e. The van der Waals surface area contributed by atoms with Crippen LogP contribution in [0.1, 0.15) is 38.3 Å². The number of nitrogens with one attached hydrogen (secondary N) is 2. The summed E-state index contributed by atoms with van der Waals surface area (Å²) in [6.07, 6.45) is 1.58. The largest absolute Gasteiger partial charge is 0.348 e. The maximum atomic E-state index is 13.7. The Labute approximate surface area is 153 Å². The highest BCUT2D eigenvalue weighted by molar-refractivity contribution is 7.89. The molecule has 5 nitrogen and oxygen atoms in total. The van der Waals surface area contributed by atoms with Crippen molar-refractivity contribution in [2.75, 3.05) is 0 Å². The lowest BCUT2D eigenvalue weighted by atomic mass is 10.0. The standard InChI is InChI=1S/C19H23FN2O3S/c1-3-9-17(15-10-5-4-6-11-15)21-19(23)14(2)22-26(24,25)18-13-8-7-12-16(18)20/h4-8,10-14,17,22H,3,9H2,1-2H3,(H,21,23)/t14-,17+/m1/s1. The first-order chi connectivity index (χ1) is 12.3. The molecule has 0 heterocycles. The van der Waals surface area contributed by atoms with Crippen molar-refractivity contribution in [2.24, 2.45) is 0 Å². The van der Waals surface area contributed by atoms with Crippen molar-refractivity contribution in [1.29, 1.82) is 0 Å². The van der Waals surface area contributed by atoms with Gasteiger partial charge in [0.05, 0.1) is 12.1 Å². The van der Waals surface area contributed by atoms with Crippen LogP contribution in [0.4, 0.5) is 4.39 Å². The van der Waals surface area contributed by atoms with Crippen molar-refractivity contribution in [3.63, 3.8) is 0 Å². The van der Waals surface area contributed by atoms with Crippen molar-refractivity contribution in [3.05, 3.63) is 66.0 Å². The maximum absolute atomic E-state index is 13.7. The molecule has 0 radical (unpaired) electrons. The van der Waals surface area contributed by atoms with Crippen LogP contribution >= 0.6 is 0 Å². The molecule has 140 valence electrons. The molecule has 0 aromatic heterocycles. The number of amides is 1. The van der Waals surface area contributed by atoms with Gasteiger partial charge in [0.1, 0.15) is 10.7 Å². The first-order valence-electron chi connectivity index (χ1n) is 8.47. The minimum absolute atomic E-state index is 0.214. The van der Waals surface area contributed by atoms with Crippen LogP contribution in [0.25, 0.3) is 0 Å². The van der Waals surface area contributed by atoms with Crippen molar-refractivity contribution in [3.8, 4) is 0 Å². The molecule has 0 aliphatic carbocycles. The fraction of sp³-hybridized carbons (Fsp3) is 0.316. The molecule has 2 aromatic carbocycles. The van der Waals surface area contributed by atoms with E-state index in [1.165, 1.54) is 19.1 Å². The van der Waals surface area contributed by atoms with Crippen LogP contribution in [-0.4, -0.2) is 20.4 Å². The Morgan fingerprint density at radius 1 is 1.08 bits per heavy atom. The number of benzene rings is 2. The van der Waals surface area contributed by atoms with Gasteiger partial charge < -0.3 is 5.32 Å². The number of sulfonamides is 1. The number of hydrogen-bond donors (Lipinski definition) is 2. The lowest BCUT2D eigenvalue weighted by Crippen LogP contribution is -2.45. The van der Waals surface area contributed by atoms with Crippen LogP contribution in [0, 0.1) is 5.82 Å². The second-order valence-corrected chi connectivity index (χ2v) is 7.72. The van der Waals surface area contributed by atoms with Gasteiger partial charge in [-0.1, -0.05) is 55.8 Å². The van der Waals surface area contributed by atoms with Gasteiger partial charge >= 0.3 is 0 Å². The van der Waals surface area contributed by atoms with Crippen LogP contribution in [-0.2, 0) is 14.8 Å². The second-order valence-electron chi connectivity index (χ2n) is 6.03. The molecule has 0 bridgehead atoms. The van der Waals surface area contributed by atoms with E-state index in [2.05, 4.69) is 10.0 Å². The Balaban J connectivity index is 2.10. The monoisotopic (exact) mass is 378 g/mol. The van der Waals surface area contributed by atoms with Crippen molar-refractivity contribution < 1.29 is 17.6 Å². The van der Waals surface area contributed by atoms with Gasteiger partial charge in [-0.3, -0.25) is 4.79 Å². The van der Waals surface area contributed by atoms with E-state index in [0.717, 1.165) is 30.5 Å². The minimum atomic E-state index is -4.13. The van der Waals surface area contributed by atoms with Crippen molar-refractivity contribution >= 4 is 15.9 Å². The molecule has 7 heteroatoms. The van der Waals surface area contributed by atoms with Crippen LogP contribution in [0.15, 0.2) is 59.5 Å². The zero-order valence-corrected chi connectivity index (χ0v) is 15.6. The lowest BCUT2D eigenvalue weighted by Gasteiger charge is -2.21. The predicted octanol–water partition coefficient (Wildman–Crippen LogP) is 3.15. The third-order valence-electron chi connectivity index (χ3n) is 3.95. The third kappa shape index (κ3) is 5.12. The van der Waals surface area contributed by atoms with E-state index < -0.39 is 32.7 Å². The number of carbonyl (C=O) groups excluding carboxylic acids is 1. The van der Waals surface area contributed by atoms with E-state index in [-0.39, 0.29) is 6.04 Å². The van der Waals surface area contributed by atoms with E-state index >= 15 is 0 Å². The van der Waals surface area contributed by atoms with Gasteiger partial charge in [0, 0.05) is 0 Å². The molecular formula is C19H23FN2O3S. The predicted molar refractivity (Wildman–Crippen MR) is 98.4 cm³/mol. The summed E-state index contributed by atoms with van der Waals surface area (Å²) in [5.74, 6) is -1.33. The lowest BCUT2D eigenvalue weighted by molar-refractivity contribution is -0.123. The summed E-state index contributed by atoms with van der Waals surface area (Å²) in [6.45, 7) is 3.44. The second kappa shape index (κ2) is 8.91. The Kier molecular flexibility index (Phi) is 6.88. The van der Waals surface area contributed by atoms with Gasteiger partial charge in [-0.25, -0.2) is 12.8 Å². The van der Waals surface area contributed by atoms with E-state index in [1.54, 1.807) is 0 Å². The summed E-state index contributed by atoms with van der Waals surface area (Å²) in [4.78, 5) is 12.0. The molecule has 0 aliphatic rings. The number of halogens is 1. The summed E-state index contributed by atoms with van der Waals surface area (Å²) in [5.41, 5.74) is 0.951. The highest BCUT2D eigenvalue weighted by Crippen LogP contribution is 2.19. The fourth-order valence-electron chi connectivity index (χ4n) is 2.61. The van der Waals surface area contributed by atoms with Crippen LogP contribution < -0.4 is 10.0 Å². The number of carbonyl (C=O) groups is 1. The summed E-state index contributed by atoms with van der Waals surface area (Å²) in [5, 5.41) is 2.86. The Bertz CT molecular complexity index is 841. The molecular weight excluding hydrogens is 355 g/mol. The molecule has 0 spiro atoms. The van der Waals surface area contributed by atoms with Gasteiger partial charge in [0.25, 0.3) is 0 Å². The summed E-state index contributed by atoms with van der Waals surface area (Å²) < 4.78 is 40.6. The SMILES string of the molecule is CCC[C@H](NC(=O)[C@@H](C)NS(=O)(=O)c1ccccc1F)c1ccccc1. The zero-order chi connectivity index (χ0) is 19.2. The Morgan fingerprint density at radius 3 is 2.31 bits per heavy atom. The number of rotatable bonds is 8. The smallest absolute Gasteiger partial charge is 0.244 e. The Hall–Kier alpha value is -2.25. The Morgan fingerprint density at radius 2 is 1.69 bits per heavy atom. The molecule has 2 rings (SSSR count). The van der Waals surface area contributed by atoms with E-state index in [4.69, 9.17) is 0 Å². The summed E-state index contributed by atoms with van der Waals surface area (Å²) in [6, 6.07) is 13.3. The van der Waals surface area contributed by atoms with Crippen molar-refractivity contribution in [1.82, 2.24) is 10.0 Å². The molecule has 0 saturated heterocycles. The van der Waals surface area contributed by atoms with Crippen LogP contribution in [0.2, 0.25) is 0 Å². The highest BCUT2D eigenvalue weighted by atomic mass is 32.2. The van der Waals surface area contributed by atoms with Gasteiger partial charge in [0.2, 0.25) is 15.9 Å². The summed E-state index contributed by atoms with van der Waals surface area (Å²) in [7, 11) is -4.13. The molecule has 26 heavy (non-hydrogen) atoms. The topological polar surface area (TPSA) is 75.3 Å². The molecule has 2 atom stereocenters. The van der Waals surface area contributed by atoms with Crippen LogP contribution in [0.5, 0.6) is 0 Å². The van der Waals surface area contributed by atoms with Gasteiger partial charge in [0.15, 0.2) is 0 Å². The van der Waals surface area contributed by atoms with E-state index in [1.807, 2.05) is 37.3 Å². The average Bonchev–Trinajstić information content (AvgIpc) is 2.61. The highest BCUT2D eigenvalue weighted by Gasteiger charge is 2.25. The minimum Gasteiger partial charge on any atom is -0.348 e. The van der Waals surface area contributed by atoms with Gasteiger partial charge in [-0.05, 0) is 31.0 Å². The molecule has 1 amide bonds. The number of hydrogen-bond acceptors (Lipinski definition) is 3. The molecule has 2 N–H and O–H groups in total. The first-order valence-corrected chi connectivity index (χ1v) is 9.95. The molecule has 0 unspecified atom stereocenters. The summed E-state index contributed by atoms with van der Waals surface area (Å²) >= 11 is 0. The van der Waals surface area contributed by atoms with Crippen molar-refractivity contribution in [2.45, 2.75) is 43.7 Å². The van der Waals surface area contributed by atoms with Gasteiger partial charge in [-0.2, -0.15) is 4.72 Å². The van der Waals surface area contributed by atoms with Gasteiger partial charge in [-0.15, -0.1) is 0 Å². The van der Waals surface area contributed by atoms with E-state index in [9.17, 15) is 17.6 Å². The molecule has 0 aliphatic heterocycles. The van der Waals surface area contributed by atoms with Crippen LogP contribution in [0.3, 0.4) is 0 Å². The third-order valence-corrected chi connectivity index (χ3v) is 5.52. The molecule has 2 aromatic rings. The quantitative estimate of drug-likeness (QED) is 0.741. The molecule has 0 saturated carbocycles. The van der Waals surface area contributed by atoms with E-state index in [0.29, 0.717) is 0 Å². The molecule has 0 fully saturated rings. The zero-order valence-electron chi connectivity index (χ0n) is 14.8. The fourth-order valence-corrected chi connectivity index (χ4v) is 3.89.